The Morgan fingerprint density at radius 3 is 2.69 bits per heavy atom. The smallest absolute Gasteiger partial charge is 0.115 e. The summed E-state index contributed by atoms with van der Waals surface area (Å²) in [6.45, 7) is 4.21. The van der Waals surface area contributed by atoms with Crippen molar-refractivity contribution in [1.29, 1.82) is 0 Å². The number of hydrogen-bond donors (Lipinski definition) is 2. The largest absolute Gasteiger partial charge is 0.508 e. The van der Waals surface area contributed by atoms with Crippen LogP contribution in [0.1, 0.15) is 43.7 Å². The average molecular weight is 221 g/mol. The molecule has 0 aliphatic heterocycles. The lowest BCUT2D eigenvalue weighted by Crippen LogP contribution is -2.19. The fraction of sp³-hybridized carbons (Fsp3) is 0.571. The van der Waals surface area contributed by atoms with Crippen LogP contribution in [0.25, 0.3) is 0 Å². The van der Waals surface area contributed by atoms with Crippen molar-refractivity contribution in [1.82, 2.24) is 0 Å². The molecule has 0 heterocycles. The Kier molecular flexibility index (Phi) is 5.33. The van der Waals surface area contributed by atoms with Crippen molar-refractivity contribution in [3.05, 3.63) is 29.3 Å². The molecule has 0 amide bonds. The van der Waals surface area contributed by atoms with Gasteiger partial charge in [0, 0.05) is 6.04 Å². The van der Waals surface area contributed by atoms with Gasteiger partial charge in [-0.15, -0.1) is 0 Å². The molecule has 0 saturated carbocycles. The molecule has 0 aliphatic carbocycles. The van der Waals surface area contributed by atoms with E-state index in [-0.39, 0.29) is 0 Å². The molecule has 1 aromatic rings. The number of nitrogens with two attached hydrogens (primary N) is 1. The number of hydrogen-bond acceptors (Lipinski definition) is 2. The summed E-state index contributed by atoms with van der Waals surface area (Å²) in [6, 6.07) is 5.94. The number of phenols is 1. The average Bonchev–Trinajstić information content (AvgIpc) is 2.22. The molecule has 0 fully saturated rings. The van der Waals surface area contributed by atoms with E-state index in [9.17, 15) is 5.11 Å². The predicted molar refractivity (Wildman–Crippen MR) is 68.7 cm³/mol. The van der Waals surface area contributed by atoms with E-state index in [1.807, 2.05) is 19.1 Å². The van der Waals surface area contributed by atoms with Crippen molar-refractivity contribution in [3.63, 3.8) is 0 Å². The number of rotatable bonds is 6. The Morgan fingerprint density at radius 2 is 2.06 bits per heavy atom. The molecule has 0 bridgehead atoms. The molecule has 3 N–H and O–H groups in total. The Hall–Kier alpha value is -1.02. The zero-order valence-corrected chi connectivity index (χ0v) is 10.4. The lowest BCUT2D eigenvalue weighted by Gasteiger charge is -2.11. The van der Waals surface area contributed by atoms with Crippen molar-refractivity contribution in [3.8, 4) is 5.75 Å². The summed E-state index contributed by atoms with van der Waals surface area (Å²) in [5, 5.41) is 9.30. The molecule has 2 nitrogen and oxygen atoms in total. The highest BCUT2D eigenvalue weighted by Crippen LogP contribution is 2.18. The molecule has 2 heteroatoms. The minimum atomic E-state index is 0.349. The normalized spacial score (nSPS) is 12.7. The Balaban J connectivity index is 2.37. The van der Waals surface area contributed by atoms with Crippen molar-refractivity contribution in [2.75, 3.05) is 0 Å². The van der Waals surface area contributed by atoms with Gasteiger partial charge in [-0.1, -0.05) is 19.4 Å². The quantitative estimate of drug-likeness (QED) is 0.775. The zero-order chi connectivity index (χ0) is 12.0. The Bertz CT molecular complexity index is 323. The highest BCUT2D eigenvalue weighted by Gasteiger charge is 2.03. The van der Waals surface area contributed by atoms with Crippen LogP contribution in [0.3, 0.4) is 0 Å². The van der Waals surface area contributed by atoms with E-state index in [4.69, 9.17) is 5.73 Å². The van der Waals surface area contributed by atoms with E-state index in [0.717, 1.165) is 25.7 Å². The summed E-state index contributed by atoms with van der Waals surface area (Å²) < 4.78 is 0. The zero-order valence-electron chi connectivity index (χ0n) is 10.4. The fourth-order valence-corrected chi connectivity index (χ4v) is 2.03. The first-order chi connectivity index (χ1) is 7.63. The van der Waals surface area contributed by atoms with Gasteiger partial charge in [0.15, 0.2) is 0 Å². The molecular weight excluding hydrogens is 198 g/mol. The Morgan fingerprint density at radius 1 is 1.31 bits per heavy atom. The van der Waals surface area contributed by atoms with Crippen LogP contribution in [0.2, 0.25) is 0 Å². The van der Waals surface area contributed by atoms with Crippen LogP contribution in [-0.4, -0.2) is 11.1 Å². The highest BCUT2D eigenvalue weighted by atomic mass is 16.3. The van der Waals surface area contributed by atoms with Gasteiger partial charge >= 0.3 is 0 Å². The van der Waals surface area contributed by atoms with Crippen LogP contribution in [0, 0.1) is 6.92 Å². The van der Waals surface area contributed by atoms with Crippen LogP contribution < -0.4 is 5.73 Å². The summed E-state index contributed by atoms with van der Waals surface area (Å²) in [5.74, 6) is 0.351. The van der Waals surface area contributed by atoms with Crippen molar-refractivity contribution in [2.24, 2.45) is 5.73 Å². The van der Waals surface area contributed by atoms with Crippen molar-refractivity contribution < 1.29 is 5.11 Å². The molecule has 0 saturated heterocycles. The second-order valence-electron chi connectivity index (χ2n) is 4.55. The molecule has 90 valence electrons. The molecule has 1 aromatic carbocycles. The van der Waals surface area contributed by atoms with Crippen LogP contribution in [0.15, 0.2) is 18.2 Å². The van der Waals surface area contributed by atoms with Gasteiger partial charge in [0.1, 0.15) is 5.75 Å². The van der Waals surface area contributed by atoms with E-state index in [1.165, 1.54) is 17.5 Å². The monoisotopic (exact) mass is 221 g/mol. The maximum absolute atomic E-state index is 9.30. The van der Waals surface area contributed by atoms with Gasteiger partial charge in [-0.25, -0.2) is 0 Å². The molecule has 0 radical (unpaired) electrons. The minimum absolute atomic E-state index is 0.349. The summed E-state index contributed by atoms with van der Waals surface area (Å²) in [6.07, 6.45) is 5.57. The molecule has 0 spiro atoms. The third kappa shape index (κ3) is 4.23. The molecule has 1 rings (SSSR count). The highest BCUT2D eigenvalue weighted by molar-refractivity contribution is 5.33. The molecule has 16 heavy (non-hydrogen) atoms. The summed E-state index contributed by atoms with van der Waals surface area (Å²) in [4.78, 5) is 0. The van der Waals surface area contributed by atoms with Gasteiger partial charge in [0.25, 0.3) is 0 Å². The van der Waals surface area contributed by atoms with Crippen LogP contribution in [0.5, 0.6) is 5.75 Å². The number of phenolic OH excluding ortho intramolecular Hbond substituents is 1. The number of benzene rings is 1. The first kappa shape index (κ1) is 13.0. The predicted octanol–water partition coefficient (Wildman–Crippen LogP) is 3.15. The van der Waals surface area contributed by atoms with Crippen LogP contribution >= 0.6 is 0 Å². The van der Waals surface area contributed by atoms with E-state index in [1.54, 1.807) is 6.07 Å². The maximum Gasteiger partial charge on any atom is 0.115 e. The second kappa shape index (κ2) is 6.54. The number of aromatic hydroxyl groups is 1. The lowest BCUT2D eigenvalue weighted by atomic mass is 9.99. The SMILES string of the molecule is CCCC(N)CCCc1ccc(O)cc1C. The fourth-order valence-electron chi connectivity index (χ4n) is 2.03. The van der Waals surface area contributed by atoms with Gasteiger partial charge in [0.2, 0.25) is 0 Å². The van der Waals surface area contributed by atoms with Crippen LogP contribution in [-0.2, 0) is 6.42 Å². The first-order valence-corrected chi connectivity index (χ1v) is 6.17. The van der Waals surface area contributed by atoms with Crippen molar-refractivity contribution in [2.45, 2.75) is 52.0 Å². The van der Waals surface area contributed by atoms with E-state index in [2.05, 4.69) is 6.92 Å². The minimum Gasteiger partial charge on any atom is -0.508 e. The van der Waals surface area contributed by atoms with E-state index < -0.39 is 0 Å². The number of aryl methyl sites for hydroxylation is 2. The molecule has 0 aromatic heterocycles. The lowest BCUT2D eigenvalue weighted by molar-refractivity contribution is 0.474. The third-order valence-electron chi connectivity index (χ3n) is 3.01. The maximum atomic E-state index is 9.30. The summed E-state index contributed by atoms with van der Waals surface area (Å²) in [5.41, 5.74) is 8.46. The second-order valence-corrected chi connectivity index (χ2v) is 4.55. The third-order valence-corrected chi connectivity index (χ3v) is 3.01. The van der Waals surface area contributed by atoms with Gasteiger partial charge in [-0.05, 0) is 55.9 Å². The molecule has 1 unspecified atom stereocenters. The van der Waals surface area contributed by atoms with E-state index in [0.29, 0.717) is 11.8 Å². The van der Waals surface area contributed by atoms with Gasteiger partial charge in [-0.2, -0.15) is 0 Å². The van der Waals surface area contributed by atoms with Gasteiger partial charge in [0.05, 0.1) is 0 Å². The van der Waals surface area contributed by atoms with Crippen molar-refractivity contribution >= 4 is 0 Å². The van der Waals surface area contributed by atoms with Crippen LogP contribution in [0.4, 0.5) is 0 Å². The Labute approximate surface area is 98.5 Å². The van der Waals surface area contributed by atoms with Gasteiger partial charge < -0.3 is 10.8 Å². The molecular formula is C14H23NO. The molecule has 0 aliphatic rings. The summed E-state index contributed by atoms with van der Waals surface area (Å²) in [7, 11) is 0. The summed E-state index contributed by atoms with van der Waals surface area (Å²) >= 11 is 0. The first-order valence-electron chi connectivity index (χ1n) is 6.17. The van der Waals surface area contributed by atoms with E-state index >= 15 is 0 Å². The molecule has 1 atom stereocenters. The standard InChI is InChI=1S/C14H23NO/c1-3-5-13(15)7-4-6-12-8-9-14(16)10-11(12)2/h8-10,13,16H,3-7,15H2,1-2H3. The van der Waals surface area contributed by atoms with Gasteiger partial charge in [-0.3, -0.25) is 0 Å². The topological polar surface area (TPSA) is 46.2 Å².